The Labute approximate surface area is 134 Å². The van der Waals surface area contributed by atoms with Gasteiger partial charge < -0.3 is 10.2 Å². The Balaban J connectivity index is 0.000000220. The predicted molar refractivity (Wildman–Crippen MR) is 93.5 cm³/mol. The Morgan fingerprint density at radius 2 is 1.55 bits per heavy atom. The third kappa shape index (κ3) is 6.21. The van der Waals surface area contributed by atoms with Crippen molar-refractivity contribution in [2.75, 3.05) is 0 Å². The average molecular weight is 300 g/mol. The fourth-order valence-corrected chi connectivity index (χ4v) is 2.13. The normalized spacial score (nSPS) is 11.4. The summed E-state index contributed by atoms with van der Waals surface area (Å²) < 4.78 is 0. The number of phenols is 2. The summed E-state index contributed by atoms with van der Waals surface area (Å²) in [6.07, 6.45) is 4.46. The van der Waals surface area contributed by atoms with Crippen molar-refractivity contribution in [3.63, 3.8) is 0 Å². The predicted octanol–water partition coefficient (Wildman–Crippen LogP) is 5.64. The molecule has 0 aromatic heterocycles. The molecule has 2 aromatic rings. The van der Waals surface area contributed by atoms with E-state index in [1.807, 2.05) is 30.3 Å². The maximum atomic E-state index is 9.34. The summed E-state index contributed by atoms with van der Waals surface area (Å²) in [5, 5.41) is 18.3. The summed E-state index contributed by atoms with van der Waals surface area (Å²) in [5.74, 6) is 1.37. The molecule has 0 aliphatic rings. The number of unbranched alkanes of at least 4 members (excludes halogenated alkanes) is 1. The lowest BCUT2D eigenvalue weighted by Gasteiger charge is -2.07. The molecule has 1 atom stereocenters. The second-order valence-electron chi connectivity index (χ2n) is 5.63. The first-order valence-corrected chi connectivity index (χ1v) is 8.14. The molecule has 0 spiro atoms. The summed E-state index contributed by atoms with van der Waals surface area (Å²) in [7, 11) is 0. The van der Waals surface area contributed by atoms with Gasteiger partial charge in [0.1, 0.15) is 11.5 Å². The van der Waals surface area contributed by atoms with Gasteiger partial charge in [-0.05, 0) is 54.5 Å². The number of para-hydroxylation sites is 1. The van der Waals surface area contributed by atoms with Crippen molar-refractivity contribution in [3.05, 3.63) is 59.7 Å². The molecule has 0 saturated carbocycles. The summed E-state index contributed by atoms with van der Waals surface area (Å²) in [6.45, 7) is 6.50. The van der Waals surface area contributed by atoms with E-state index in [-0.39, 0.29) is 0 Å². The van der Waals surface area contributed by atoms with Gasteiger partial charge in [0.25, 0.3) is 0 Å². The zero-order chi connectivity index (χ0) is 16.4. The van der Waals surface area contributed by atoms with Crippen LogP contribution in [0.4, 0.5) is 0 Å². The van der Waals surface area contributed by atoms with Crippen LogP contribution in [0, 0.1) is 0 Å². The van der Waals surface area contributed by atoms with Crippen LogP contribution in [-0.2, 0) is 6.42 Å². The molecule has 1 unspecified atom stereocenters. The smallest absolute Gasteiger partial charge is 0.118 e. The number of aryl methyl sites for hydroxylation is 1. The van der Waals surface area contributed by atoms with Crippen LogP contribution in [-0.4, -0.2) is 10.2 Å². The van der Waals surface area contributed by atoms with E-state index >= 15 is 0 Å². The van der Waals surface area contributed by atoms with Gasteiger partial charge in [-0.3, -0.25) is 0 Å². The van der Waals surface area contributed by atoms with Crippen molar-refractivity contribution in [1.29, 1.82) is 0 Å². The van der Waals surface area contributed by atoms with Crippen LogP contribution in [0.2, 0.25) is 0 Å². The summed E-state index contributed by atoms with van der Waals surface area (Å²) in [5.41, 5.74) is 2.36. The number of aromatic hydroxyl groups is 2. The van der Waals surface area contributed by atoms with Crippen molar-refractivity contribution >= 4 is 0 Å². The van der Waals surface area contributed by atoms with Gasteiger partial charge in [0, 0.05) is 0 Å². The molecule has 2 heteroatoms. The number of rotatable bonds is 5. The third-order valence-electron chi connectivity index (χ3n) is 3.87. The van der Waals surface area contributed by atoms with Gasteiger partial charge >= 0.3 is 0 Å². The highest BCUT2D eigenvalue weighted by Gasteiger charge is 2.00. The number of hydrogen-bond acceptors (Lipinski definition) is 2. The van der Waals surface area contributed by atoms with Gasteiger partial charge in [0.15, 0.2) is 0 Å². The van der Waals surface area contributed by atoms with Crippen LogP contribution < -0.4 is 0 Å². The molecule has 0 aliphatic carbocycles. The quantitative estimate of drug-likeness (QED) is 0.750. The van der Waals surface area contributed by atoms with Gasteiger partial charge in [0.05, 0.1) is 0 Å². The first-order chi connectivity index (χ1) is 10.6. The van der Waals surface area contributed by atoms with Crippen molar-refractivity contribution < 1.29 is 10.2 Å². The van der Waals surface area contributed by atoms with Gasteiger partial charge in [-0.15, -0.1) is 0 Å². The lowest BCUT2D eigenvalue weighted by atomic mass is 9.99. The molecule has 0 bridgehead atoms. The van der Waals surface area contributed by atoms with Crippen molar-refractivity contribution in [3.8, 4) is 11.5 Å². The molecule has 2 rings (SSSR count). The van der Waals surface area contributed by atoms with Gasteiger partial charge in [0.2, 0.25) is 0 Å². The van der Waals surface area contributed by atoms with Crippen molar-refractivity contribution in [2.45, 2.75) is 52.4 Å². The van der Waals surface area contributed by atoms with E-state index in [1.165, 1.54) is 12.0 Å². The van der Waals surface area contributed by atoms with E-state index in [9.17, 15) is 5.11 Å². The number of phenolic OH excluding ortho intramolecular Hbond substituents is 2. The largest absolute Gasteiger partial charge is 0.508 e. The first kappa shape index (κ1) is 18.1. The molecule has 2 N–H and O–H groups in total. The van der Waals surface area contributed by atoms with Gasteiger partial charge in [-0.1, -0.05) is 57.5 Å². The van der Waals surface area contributed by atoms with Crippen molar-refractivity contribution in [1.82, 2.24) is 0 Å². The molecular formula is C20H28O2. The summed E-state index contributed by atoms with van der Waals surface area (Å²) in [6, 6.07) is 15.0. The zero-order valence-corrected chi connectivity index (χ0v) is 13.9. The first-order valence-electron chi connectivity index (χ1n) is 8.14. The lowest BCUT2D eigenvalue weighted by Crippen LogP contribution is -1.89. The van der Waals surface area contributed by atoms with Gasteiger partial charge in [-0.25, -0.2) is 0 Å². The highest BCUT2D eigenvalue weighted by atomic mass is 16.3. The number of benzene rings is 2. The Hall–Kier alpha value is -1.96. The van der Waals surface area contributed by atoms with Gasteiger partial charge in [-0.2, -0.15) is 0 Å². The summed E-state index contributed by atoms with van der Waals surface area (Å²) in [4.78, 5) is 0. The Morgan fingerprint density at radius 3 is 2.09 bits per heavy atom. The second kappa shape index (κ2) is 9.88. The molecule has 0 heterocycles. The molecule has 0 amide bonds. The average Bonchev–Trinajstić information content (AvgIpc) is 2.55. The van der Waals surface area contributed by atoms with E-state index in [0.717, 1.165) is 24.8 Å². The highest BCUT2D eigenvalue weighted by Crippen LogP contribution is 2.20. The maximum Gasteiger partial charge on any atom is 0.118 e. The van der Waals surface area contributed by atoms with E-state index in [1.54, 1.807) is 18.2 Å². The Bertz CT molecular complexity index is 532. The minimum Gasteiger partial charge on any atom is -0.508 e. The van der Waals surface area contributed by atoms with Crippen LogP contribution in [0.25, 0.3) is 0 Å². The molecule has 120 valence electrons. The van der Waals surface area contributed by atoms with Crippen LogP contribution in [0.3, 0.4) is 0 Å². The van der Waals surface area contributed by atoms with Crippen molar-refractivity contribution in [2.24, 2.45) is 0 Å². The third-order valence-corrected chi connectivity index (χ3v) is 3.87. The van der Waals surface area contributed by atoms with E-state index in [4.69, 9.17) is 5.11 Å². The topological polar surface area (TPSA) is 40.5 Å². The Morgan fingerprint density at radius 1 is 0.909 bits per heavy atom. The van der Waals surface area contributed by atoms with E-state index in [0.29, 0.717) is 17.4 Å². The lowest BCUT2D eigenvalue weighted by molar-refractivity contribution is 0.467. The standard InChI is InChI=1S/2C10H14O/c1-3-8(2)9-4-6-10(11)7-5-9;1-2-3-6-9-7-4-5-8-10(9)11/h4-8,11H,3H2,1-2H3;4-5,7-8,11H,2-3,6H2,1H3. The molecule has 2 nitrogen and oxygen atoms in total. The number of hydrogen-bond donors (Lipinski definition) is 2. The highest BCUT2D eigenvalue weighted by molar-refractivity contribution is 5.31. The monoisotopic (exact) mass is 300 g/mol. The van der Waals surface area contributed by atoms with Crippen LogP contribution in [0.5, 0.6) is 11.5 Å². The fourth-order valence-electron chi connectivity index (χ4n) is 2.13. The van der Waals surface area contributed by atoms with Crippen LogP contribution >= 0.6 is 0 Å². The maximum absolute atomic E-state index is 9.34. The Kier molecular flexibility index (Phi) is 8.13. The summed E-state index contributed by atoms with van der Waals surface area (Å²) >= 11 is 0. The SMILES string of the molecule is CCC(C)c1ccc(O)cc1.CCCCc1ccccc1O. The van der Waals surface area contributed by atoms with Crippen LogP contribution in [0.1, 0.15) is 57.1 Å². The second-order valence-corrected chi connectivity index (χ2v) is 5.63. The minimum absolute atomic E-state index is 0.344. The molecule has 0 fully saturated rings. The molecule has 22 heavy (non-hydrogen) atoms. The zero-order valence-electron chi connectivity index (χ0n) is 13.9. The fraction of sp³-hybridized carbons (Fsp3) is 0.400. The molecular weight excluding hydrogens is 272 g/mol. The van der Waals surface area contributed by atoms with E-state index < -0.39 is 0 Å². The molecule has 2 aromatic carbocycles. The van der Waals surface area contributed by atoms with E-state index in [2.05, 4.69) is 20.8 Å². The molecule has 0 aliphatic heterocycles. The molecule has 0 saturated heterocycles. The minimum atomic E-state index is 0.344. The van der Waals surface area contributed by atoms with Crippen LogP contribution in [0.15, 0.2) is 48.5 Å². The molecule has 0 radical (unpaired) electrons.